The van der Waals surface area contributed by atoms with E-state index < -0.39 is 17.6 Å². The number of carbonyl (C=O) groups excluding carboxylic acids is 1. The van der Waals surface area contributed by atoms with Gasteiger partial charge in [0.15, 0.2) is 4.32 Å². The molecular formula is C24H15ClF3NO2S2. The first-order valence-electron chi connectivity index (χ1n) is 9.63. The van der Waals surface area contributed by atoms with Crippen LogP contribution in [0.2, 0.25) is 5.02 Å². The zero-order valence-corrected chi connectivity index (χ0v) is 19.2. The molecule has 1 fully saturated rings. The van der Waals surface area contributed by atoms with Gasteiger partial charge in [0, 0.05) is 5.02 Å². The summed E-state index contributed by atoms with van der Waals surface area (Å²) in [6.45, 7) is 0.346. The molecule has 0 bridgehead atoms. The maximum atomic E-state index is 13.1. The Bertz CT molecular complexity index is 1240. The minimum Gasteiger partial charge on any atom is -0.489 e. The van der Waals surface area contributed by atoms with Gasteiger partial charge in [-0.05, 0) is 59.7 Å². The maximum absolute atomic E-state index is 13.1. The monoisotopic (exact) mass is 505 g/mol. The van der Waals surface area contributed by atoms with Gasteiger partial charge in [0.2, 0.25) is 0 Å². The van der Waals surface area contributed by atoms with E-state index in [2.05, 4.69) is 0 Å². The molecule has 3 aromatic rings. The van der Waals surface area contributed by atoms with Crippen LogP contribution in [0.5, 0.6) is 5.75 Å². The second-order valence-corrected chi connectivity index (χ2v) is 9.17. The lowest BCUT2D eigenvalue weighted by Crippen LogP contribution is -2.27. The number of anilines is 1. The van der Waals surface area contributed by atoms with Gasteiger partial charge in [0.25, 0.3) is 5.91 Å². The largest absolute Gasteiger partial charge is 0.489 e. The number of alkyl halides is 3. The number of hydrogen-bond acceptors (Lipinski definition) is 4. The van der Waals surface area contributed by atoms with E-state index in [1.165, 1.54) is 12.1 Å². The van der Waals surface area contributed by atoms with Crippen molar-refractivity contribution in [1.29, 1.82) is 0 Å². The van der Waals surface area contributed by atoms with Crippen molar-refractivity contribution in [2.75, 3.05) is 4.90 Å². The van der Waals surface area contributed by atoms with E-state index in [-0.39, 0.29) is 10.0 Å². The van der Waals surface area contributed by atoms with Gasteiger partial charge >= 0.3 is 6.18 Å². The molecule has 3 aromatic carbocycles. The van der Waals surface area contributed by atoms with Crippen molar-refractivity contribution in [3.8, 4) is 5.75 Å². The molecule has 3 nitrogen and oxygen atoms in total. The van der Waals surface area contributed by atoms with Crippen LogP contribution in [0.3, 0.4) is 0 Å². The molecule has 0 aliphatic carbocycles. The van der Waals surface area contributed by atoms with E-state index >= 15 is 0 Å². The first-order valence-corrected chi connectivity index (χ1v) is 11.2. The molecule has 0 N–H and O–H groups in total. The Morgan fingerprint density at radius 3 is 2.48 bits per heavy atom. The van der Waals surface area contributed by atoms with Crippen molar-refractivity contribution in [1.82, 2.24) is 0 Å². The van der Waals surface area contributed by atoms with Crippen LogP contribution in [0.1, 0.15) is 16.7 Å². The van der Waals surface area contributed by atoms with Gasteiger partial charge in [-0.3, -0.25) is 9.69 Å². The molecule has 0 atom stereocenters. The quantitative estimate of drug-likeness (QED) is 0.268. The van der Waals surface area contributed by atoms with Crippen LogP contribution in [0.15, 0.2) is 77.7 Å². The van der Waals surface area contributed by atoms with E-state index in [0.717, 1.165) is 34.4 Å². The molecule has 4 rings (SSSR count). The van der Waals surface area contributed by atoms with Crippen LogP contribution in [0, 0.1) is 0 Å². The van der Waals surface area contributed by atoms with Crippen LogP contribution in [0.4, 0.5) is 18.9 Å². The normalized spacial score (nSPS) is 15.4. The Balaban J connectivity index is 1.52. The van der Waals surface area contributed by atoms with E-state index in [0.29, 0.717) is 27.8 Å². The molecule has 1 amide bonds. The Morgan fingerprint density at radius 2 is 1.76 bits per heavy atom. The molecule has 1 aliphatic rings. The fourth-order valence-corrected chi connectivity index (χ4v) is 4.53. The van der Waals surface area contributed by atoms with Crippen molar-refractivity contribution in [3.05, 3.63) is 99.4 Å². The van der Waals surface area contributed by atoms with E-state index in [9.17, 15) is 18.0 Å². The topological polar surface area (TPSA) is 29.5 Å². The predicted molar refractivity (Wildman–Crippen MR) is 129 cm³/mol. The van der Waals surface area contributed by atoms with Crippen LogP contribution in [0.25, 0.3) is 6.08 Å². The summed E-state index contributed by atoms with van der Waals surface area (Å²) in [6.07, 6.45) is -2.87. The number of benzene rings is 3. The van der Waals surface area contributed by atoms with Gasteiger partial charge in [-0.15, -0.1) is 0 Å². The minimum atomic E-state index is -4.52. The second kappa shape index (κ2) is 9.59. The van der Waals surface area contributed by atoms with Crippen molar-refractivity contribution in [2.24, 2.45) is 0 Å². The van der Waals surface area contributed by atoms with Crippen molar-refractivity contribution < 1.29 is 22.7 Å². The molecule has 1 saturated heterocycles. The van der Waals surface area contributed by atoms with Crippen molar-refractivity contribution in [2.45, 2.75) is 12.8 Å². The Hall–Kier alpha value is -2.81. The van der Waals surface area contributed by atoms with Gasteiger partial charge < -0.3 is 4.74 Å². The van der Waals surface area contributed by atoms with Crippen LogP contribution in [-0.4, -0.2) is 10.2 Å². The van der Waals surface area contributed by atoms with E-state index in [1.807, 2.05) is 12.1 Å². The summed E-state index contributed by atoms with van der Waals surface area (Å²) in [6, 6.07) is 19.0. The zero-order chi connectivity index (χ0) is 23.6. The number of rotatable bonds is 5. The first-order chi connectivity index (χ1) is 15.7. The summed E-state index contributed by atoms with van der Waals surface area (Å²) in [5.74, 6) is 0.129. The number of carbonyl (C=O) groups is 1. The number of amides is 1. The Labute approximate surface area is 202 Å². The lowest BCUT2D eigenvalue weighted by molar-refractivity contribution is -0.137. The highest BCUT2D eigenvalue weighted by Gasteiger charge is 2.36. The molecule has 0 radical (unpaired) electrons. The fourth-order valence-electron chi connectivity index (χ4n) is 3.10. The lowest BCUT2D eigenvalue weighted by Gasteiger charge is -2.16. The lowest BCUT2D eigenvalue weighted by atomic mass is 10.1. The third-order valence-corrected chi connectivity index (χ3v) is 6.25. The number of ether oxygens (including phenoxy) is 1. The standard InChI is InChI=1S/C24H15ClF3NO2S2/c25-18-9-7-15(8-10-18)14-31-20-6-1-3-16(11-20)12-21-22(30)29(23(32)33-21)19-5-2-4-17(13-19)24(26,27)28/h1-13H,14H2/b21-12-. The van der Waals surface area contributed by atoms with E-state index in [1.54, 1.807) is 42.5 Å². The molecule has 0 unspecified atom stereocenters. The summed E-state index contributed by atoms with van der Waals surface area (Å²) in [4.78, 5) is 14.4. The maximum Gasteiger partial charge on any atom is 0.416 e. The molecular weight excluding hydrogens is 491 g/mol. The average molecular weight is 506 g/mol. The number of hydrogen-bond donors (Lipinski definition) is 0. The number of halogens is 4. The molecule has 9 heteroatoms. The second-order valence-electron chi connectivity index (χ2n) is 7.05. The highest BCUT2D eigenvalue weighted by Crippen LogP contribution is 2.38. The van der Waals surface area contributed by atoms with E-state index in [4.69, 9.17) is 28.6 Å². The van der Waals surface area contributed by atoms with Crippen LogP contribution >= 0.6 is 35.6 Å². The summed E-state index contributed by atoms with van der Waals surface area (Å²) in [5, 5.41) is 0.642. The van der Waals surface area contributed by atoms with Gasteiger partial charge in [-0.25, -0.2) is 0 Å². The van der Waals surface area contributed by atoms with Gasteiger partial charge in [-0.2, -0.15) is 13.2 Å². The molecule has 168 valence electrons. The number of thiocarbonyl (C=S) groups is 1. The Kier molecular flexibility index (Phi) is 6.78. The SMILES string of the molecule is O=C1/C(=C/c2cccc(OCc3ccc(Cl)cc3)c2)SC(=S)N1c1cccc(C(F)(F)F)c1. The summed E-state index contributed by atoms with van der Waals surface area (Å²) < 4.78 is 45.2. The Morgan fingerprint density at radius 1 is 1.03 bits per heavy atom. The minimum absolute atomic E-state index is 0.0794. The van der Waals surface area contributed by atoms with Crippen LogP contribution in [-0.2, 0) is 17.6 Å². The van der Waals surface area contributed by atoms with Gasteiger partial charge in [0.1, 0.15) is 12.4 Å². The molecule has 1 heterocycles. The predicted octanol–water partition coefficient (Wildman–Crippen LogP) is 7.34. The molecule has 1 aliphatic heterocycles. The third-order valence-electron chi connectivity index (χ3n) is 4.70. The fraction of sp³-hybridized carbons (Fsp3) is 0.0833. The summed E-state index contributed by atoms with van der Waals surface area (Å²) >= 11 is 12.2. The molecule has 0 spiro atoms. The summed E-state index contributed by atoms with van der Waals surface area (Å²) in [7, 11) is 0. The smallest absolute Gasteiger partial charge is 0.416 e. The zero-order valence-electron chi connectivity index (χ0n) is 16.8. The summed E-state index contributed by atoms with van der Waals surface area (Å²) in [5.41, 5.74) is 0.888. The van der Waals surface area contributed by atoms with Crippen molar-refractivity contribution >= 4 is 57.6 Å². The number of thioether (sulfide) groups is 1. The first kappa shape index (κ1) is 23.4. The average Bonchev–Trinajstić information content (AvgIpc) is 3.06. The van der Waals surface area contributed by atoms with Gasteiger partial charge in [-0.1, -0.05) is 65.9 Å². The highest BCUT2D eigenvalue weighted by atomic mass is 35.5. The molecule has 33 heavy (non-hydrogen) atoms. The number of nitrogens with zero attached hydrogens (tertiary/aromatic N) is 1. The third kappa shape index (κ3) is 5.58. The highest BCUT2D eigenvalue weighted by molar-refractivity contribution is 8.27. The molecule has 0 aromatic heterocycles. The molecule has 0 saturated carbocycles. The van der Waals surface area contributed by atoms with Crippen LogP contribution < -0.4 is 9.64 Å². The van der Waals surface area contributed by atoms with Gasteiger partial charge in [0.05, 0.1) is 16.2 Å². The van der Waals surface area contributed by atoms with Crippen molar-refractivity contribution in [3.63, 3.8) is 0 Å².